The van der Waals surface area contributed by atoms with Crippen LogP contribution in [0.25, 0.3) is 0 Å². The SMILES string of the molecule is CCCc1nc2c(cc1C(=O)OCC)C(C)CCC2C. The fourth-order valence-electron chi connectivity index (χ4n) is 2.98. The van der Waals surface area contributed by atoms with Gasteiger partial charge in [-0.1, -0.05) is 27.2 Å². The number of aryl methyl sites for hydroxylation is 1. The lowest BCUT2D eigenvalue weighted by atomic mass is 9.80. The van der Waals surface area contributed by atoms with E-state index in [9.17, 15) is 4.79 Å². The number of fused-ring (bicyclic) bond motifs is 1. The molecule has 2 rings (SSSR count). The summed E-state index contributed by atoms with van der Waals surface area (Å²) >= 11 is 0. The summed E-state index contributed by atoms with van der Waals surface area (Å²) in [6, 6.07) is 2.05. The summed E-state index contributed by atoms with van der Waals surface area (Å²) < 4.78 is 5.19. The first-order chi connectivity index (χ1) is 9.58. The zero-order valence-corrected chi connectivity index (χ0v) is 13.0. The molecule has 0 aliphatic heterocycles. The molecule has 0 saturated carbocycles. The summed E-state index contributed by atoms with van der Waals surface area (Å²) in [4.78, 5) is 17.0. The van der Waals surface area contributed by atoms with Crippen LogP contribution >= 0.6 is 0 Å². The Kier molecular flexibility index (Phi) is 4.79. The molecule has 0 radical (unpaired) electrons. The quantitative estimate of drug-likeness (QED) is 0.773. The molecule has 1 aromatic heterocycles. The van der Waals surface area contributed by atoms with Gasteiger partial charge in [0.05, 0.1) is 17.9 Å². The Morgan fingerprint density at radius 1 is 1.30 bits per heavy atom. The van der Waals surface area contributed by atoms with Crippen molar-refractivity contribution in [2.75, 3.05) is 6.61 Å². The molecule has 1 aliphatic carbocycles. The normalized spacial score (nSPS) is 21.4. The molecule has 0 N–H and O–H groups in total. The van der Waals surface area contributed by atoms with Crippen molar-refractivity contribution in [1.29, 1.82) is 0 Å². The number of pyridine rings is 1. The highest BCUT2D eigenvalue weighted by Crippen LogP contribution is 2.38. The van der Waals surface area contributed by atoms with Gasteiger partial charge in [-0.25, -0.2) is 4.79 Å². The molecule has 20 heavy (non-hydrogen) atoms. The topological polar surface area (TPSA) is 39.2 Å². The molecule has 3 nitrogen and oxygen atoms in total. The van der Waals surface area contributed by atoms with Gasteiger partial charge in [0.15, 0.2) is 0 Å². The van der Waals surface area contributed by atoms with Crippen LogP contribution in [0.15, 0.2) is 6.07 Å². The van der Waals surface area contributed by atoms with Crippen molar-refractivity contribution >= 4 is 5.97 Å². The minimum atomic E-state index is -0.225. The van der Waals surface area contributed by atoms with Gasteiger partial charge in [0.1, 0.15) is 0 Å². The molecular weight excluding hydrogens is 250 g/mol. The smallest absolute Gasteiger partial charge is 0.339 e. The van der Waals surface area contributed by atoms with Crippen LogP contribution in [0.2, 0.25) is 0 Å². The van der Waals surface area contributed by atoms with E-state index in [1.807, 2.05) is 13.0 Å². The van der Waals surface area contributed by atoms with Crippen LogP contribution in [0, 0.1) is 0 Å². The molecule has 0 fully saturated rings. The van der Waals surface area contributed by atoms with Crippen LogP contribution in [0.5, 0.6) is 0 Å². The van der Waals surface area contributed by atoms with Gasteiger partial charge in [0, 0.05) is 5.69 Å². The number of rotatable bonds is 4. The summed E-state index contributed by atoms with van der Waals surface area (Å²) in [7, 11) is 0. The molecule has 1 heterocycles. The molecule has 0 bridgehead atoms. The molecule has 1 aromatic rings. The number of esters is 1. The second-order valence-corrected chi connectivity index (χ2v) is 5.81. The third kappa shape index (κ3) is 2.87. The Labute approximate surface area is 121 Å². The number of ether oxygens (including phenoxy) is 1. The van der Waals surface area contributed by atoms with E-state index in [0.29, 0.717) is 24.0 Å². The van der Waals surface area contributed by atoms with Crippen LogP contribution < -0.4 is 0 Å². The monoisotopic (exact) mass is 275 g/mol. The number of carbonyl (C=O) groups is 1. The van der Waals surface area contributed by atoms with E-state index >= 15 is 0 Å². The molecule has 0 aromatic carbocycles. The largest absolute Gasteiger partial charge is 0.462 e. The third-order valence-electron chi connectivity index (χ3n) is 4.17. The lowest BCUT2D eigenvalue weighted by molar-refractivity contribution is 0.0524. The lowest BCUT2D eigenvalue weighted by Crippen LogP contribution is -2.18. The maximum atomic E-state index is 12.2. The third-order valence-corrected chi connectivity index (χ3v) is 4.17. The first kappa shape index (κ1) is 15.0. The van der Waals surface area contributed by atoms with Crippen molar-refractivity contribution in [2.45, 2.75) is 65.2 Å². The number of aromatic nitrogens is 1. The van der Waals surface area contributed by atoms with Gasteiger partial charge < -0.3 is 4.74 Å². The summed E-state index contributed by atoms with van der Waals surface area (Å²) in [6.45, 7) is 8.82. The zero-order chi connectivity index (χ0) is 14.7. The highest BCUT2D eigenvalue weighted by atomic mass is 16.5. The lowest BCUT2D eigenvalue weighted by Gasteiger charge is -2.28. The molecule has 0 amide bonds. The predicted molar refractivity (Wildman–Crippen MR) is 80.3 cm³/mol. The van der Waals surface area contributed by atoms with Gasteiger partial charge in [0.2, 0.25) is 0 Å². The van der Waals surface area contributed by atoms with E-state index in [0.717, 1.165) is 18.5 Å². The zero-order valence-electron chi connectivity index (χ0n) is 13.0. The minimum Gasteiger partial charge on any atom is -0.462 e. The Hall–Kier alpha value is -1.38. The molecular formula is C17H25NO2. The van der Waals surface area contributed by atoms with E-state index in [4.69, 9.17) is 9.72 Å². The second kappa shape index (κ2) is 6.38. The first-order valence-electron chi connectivity index (χ1n) is 7.79. The van der Waals surface area contributed by atoms with Gasteiger partial charge >= 0.3 is 5.97 Å². The fraction of sp³-hybridized carbons (Fsp3) is 0.647. The van der Waals surface area contributed by atoms with Crippen molar-refractivity contribution in [1.82, 2.24) is 4.98 Å². The summed E-state index contributed by atoms with van der Waals surface area (Å²) in [5.74, 6) is 0.752. The average Bonchev–Trinajstić information content (AvgIpc) is 2.43. The molecule has 1 aliphatic rings. The van der Waals surface area contributed by atoms with Crippen LogP contribution in [0.4, 0.5) is 0 Å². The van der Waals surface area contributed by atoms with E-state index in [-0.39, 0.29) is 5.97 Å². The van der Waals surface area contributed by atoms with Gasteiger partial charge in [-0.3, -0.25) is 4.98 Å². The molecule has 2 atom stereocenters. The molecule has 3 heteroatoms. The summed E-state index contributed by atoms with van der Waals surface area (Å²) in [6.07, 6.45) is 4.18. The van der Waals surface area contributed by atoms with Crippen molar-refractivity contribution in [3.05, 3.63) is 28.6 Å². The summed E-state index contributed by atoms with van der Waals surface area (Å²) in [5, 5.41) is 0. The van der Waals surface area contributed by atoms with Crippen molar-refractivity contribution < 1.29 is 9.53 Å². The highest BCUT2D eigenvalue weighted by molar-refractivity contribution is 5.91. The maximum absolute atomic E-state index is 12.2. The fourth-order valence-corrected chi connectivity index (χ4v) is 2.98. The molecule has 0 saturated heterocycles. The minimum absolute atomic E-state index is 0.225. The second-order valence-electron chi connectivity index (χ2n) is 5.81. The number of nitrogens with zero attached hydrogens (tertiary/aromatic N) is 1. The van der Waals surface area contributed by atoms with E-state index in [2.05, 4.69) is 20.8 Å². The van der Waals surface area contributed by atoms with Gasteiger partial charge in [-0.05, 0) is 49.7 Å². The van der Waals surface area contributed by atoms with E-state index < -0.39 is 0 Å². The van der Waals surface area contributed by atoms with Crippen LogP contribution in [-0.2, 0) is 11.2 Å². The predicted octanol–water partition coefficient (Wildman–Crippen LogP) is 4.21. The standard InChI is InChI=1S/C17H25NO2/c1-5-7-15-14(17(19)20-6-2)10-13-11(3)8-9-12(4)16(13)18-15/h10-12H,5-9H2,1-4H3. The Balaban J connectivity index is 2.50. The molecule has 2 unspecified atom stereocenters. The Bertz CT molecular complexity index is 496. The highest BCUT2D eigenvalue weighted by Gasteiger charge is 2.26. The number of hydrogen-bond acceptors (Lipinski definition) is 3. The maximum Gasteiger partial charge on any atom is 0.339 e. The van der Waals surface area contributed by atoms with E-state index in [1.165, 1.54) is 24.1 Å². The van der Waals surface area contributed by atoms with Crippen LogP contribution in [-0.4, -0.2) is 17.6 Å². The number of carbonyl (C=O) groups excluding carboxylic acids is 1. The van der Waals surface area contributed by atoms with Crippen molar-refractivity contribution in [2.24, 2.45) is 0 Å². The Morgan fingerprint density at radius 2 is 2.00 bits per heavy atom. The van der Waals surface area contributed by atoms with Crippen molar-refractivity contribution in [3.63, 3.8) is 0 Å². The van der Waals surface area contributed by atoms with Crippen molar-refractivity contribution in [3.8, 4) is 0 Å². The van der Waals surface area contributed by atoms with Crippen LogP contribution in [0.1, 0.15) is 86.1 Å². The Morgan fingerprint density at radius 3 is 2.65 bits per heavy atom. The van der Waals surface area contributed by atoms with Gasteiger partial charge in [-0.15, -0.1) is 0 Å². The van der Waals surface area contributed by atoms with Crippen LogP contribution in [0.3, 0.4) is 0 Å². The summed E-state index contributed by atoms with van der Waals surface area (Å²) in [5.41, 5.74) is 4.02. The van der Waals surface area contributed by atoms with Gasteiger partial charge in [-0.2, -0.15) is 0 Å². The molecule has 0 spiro atoms. The number of hydrogen-bond donors (Lipinski definition) is 0. The average molecular weight is 275 g/mol. The molecule has 110 valence electrons. The van der Waals surface area contributed by atoms with Gasteiger partial charge in [0.25, 0.3) is 0 Å². The van der Waals surface area contributed by atoms with E-state index in [1.54, 1.807) is 0 Å². The first-order valence-corrected chi connectivity index (χ1v) is 7.79.